The zero-order valence-electron chi connectivity index (χ0n) is 15.2. The normalized spacial score (nSPS) is 19.1. The molecule has 1 heterocycles. The average molecular weight is 372 g/mol. The molecule has 1 N–H and O–H groups in total. The Balaban J connectivity index is 1.70. The van der Waals surface area contributed by atoms with Gasteiger partial charge in [-0.05, 0) is 36.2 Å². The summed E-state index contributed by atoms with van der Waals surface area (Å²) in [7, 11) is 0. The number of para-hydroxylation sites is 2. The molecule has 3 aromatic rings. The van der Waals surface area contributed by atoms with E-state index < -0.39 is 12.1 Å². The van der Waals surface area contributed by atoms with Gasteiger partial charge in [0.05, 0.1) is 17.3 Å². The van der Waals surface area contributed by atoms with Gasteiger partial charge in [-0.25, -0.2) is 10.0 Å². The number of carbonyl (C=O) groups excluding carboxylic acids is 2. The van der Waals surface area contributed by atoms with Crippen LogP contribution in [0, 0.1) is 5.92 Å². The lowest BCUT2D eigenvalue weighted by atomic mass is 9.97. The van der Waals surface area contributed by atoms with E-state index in [4.69, 9.17) is 0 Å². The van der Waals surface area contributed by atoms with Crippen LogP contribution in [0.15, 0.2) is 84.9 Å². The highest BCUT2D eigenvalue weighted by molar-refractivity contribution is 6.01. The first-order valence-corrected chi connectivity index (χ1v) is 9.14. The highest BCUT2D eigenvalue weighted by Gasteiger charge is 2.46. The third-order valence-corrected chi connectivity index (χ3v) is 4.94. The van der Waals surface area contributed by atoms with Crippen molar-refractivity contribution in [3.05, 3.63) is 96.1 Å². The molecule has 0 aliphatic carbocycles. The summed E-state index contributed by atoms with van der Waals surface area (Å²) < 4.78 is 0. The number of aliphatic hydroxyl groups excluding tert-OH is 1. The summed E-state index contributed by atoms with van der Waals surface area (Å²) in [6.07, 6.45) is 0.167. The van der Waals surface area contributed by atoms with E-state index in [1.54, 1.807) is 22.2 Å². The second-order valence-corrected chi connectivity index (χ2v) is 6.75. The van der Waals surface area contributed by atoms with E-state index in [0.717, 1.165) is 17.5 Å². The van der Waals surface area contributed by atoms with Gasteiger partial charge in [0.25, 0.3) is 5.91 Å². The van der Waals surface area contributed by atoms with Crippen LogP contribution in [-0.4, -0.2) is 23.5 Å². The van der Waals surface area contributed by atoms with Crippen LogP contribution in [0.4, 0.5) is 11.4 Å². The number of aldehydes is 1. The number of hydrogen-bond acceptors (Lipinski definition) is 4. The van der Waals surface area contributed by atoms with Crippen LogP contribution in [-0.2, 0) is 11.2 Å². The summed E-state index contributed by atoms with van der Waals surface area (Å²) in [5, 5.41) is 14.3. The maximum atomic E-state index is 13.3. The van der Waals surface area contributed by atoms with Gasteiger partial charge in [-0.3, -0.25) is 9.59 Å². The van der Waals surface area contributed by atoms with Crippen molar-refractivity contribution in [3.8, 4) is 0 Å². The van der Waals surface area contributed by atoms with Crippen molar-refractivity contribution in [2.45, 2.75) is 12.6 Å². The molecule has 1 amide bonds. The number of aliphatic hydroxyl groups is 1. The van der Waals surface area contributed by atoms with Gasteiger partial charge in [0, 0.05) is 5.56 Å². The van der Waals surface area contributed by atoms with Crippen molar-refractivity contribution in [2.75, 3.05) is 10.0 Å². The minimum atomic E-state index is -0.999. The van der Waals surface area contributed by atoms with Gasteiger partial charge in [0.2, 0.25) is 0 Å². The van der Waals surface area contributed by atoms with Gasteiger partial charge in [-0.2, -0.15) is 0 Å². The monoisotopic (exact) mass is 372 g/mol. The molecule has 140 valence electrons. The van der Waals surface area contributed by atoms with Crippen molar-refractivity contribution in [2.24, 2.45) is 5.92 Å². The number of anilines is 2. The van der Waals surface area contributed by atoms with Crippen molar-refractivity contribution in [3.63, 3.8) is 0 Å². The van der Waals surface area contributed by atoms with E-state index in [1.807, 2.05) is 72.8 Å². The van der Waals surface area contributed by atoms with E-state index in [2.05, 4.69) is 0 Å². The molecule has 5 nitrogen and oxygen atoms in total. The smallest absolute Gasteiger partial charge is 0.253 e. The molecule has 5 heteroatoms. The Bertz CT molecular complexity index is 958. The molecule has 3 aromatic carbocycles. The van der Waals surface area contributed by atoms with Gasteiger partial charge in [0.15, 0.2) is 6.23 Å². The summed E-state index contributed by atoms with van der Waals surface area (Å²) in [6, 6.07) is 25.8. The zero-order chi connectivity index (χ0) is 19.5. The van der Waals surface area contributed by atoms with E-state index in [0.29, 0.717) is 17.7 Å². The SMILES string of the molecule is O=Cc1ccc(CC2C(=O)N(c3ccccc3)N(c3ccccc3)C2O)cc1. The Hall–Kier alpha value is -3.44. The fourth-order valence-electron chi connectivity index (χ4n) is 3.53. The number of hydrogen-bond donors (Lipinski definition) is 1. The summed E-state index contributed by atoms with van der Waals surface area (Å²) >= 11 is 0. The Morgan fingerprint density at radius 1 is 0.821 bits per heavy atom. The molecule has 2 atom stereocenters. The second-order valence-electron chi connectivity index (χ2n) is 6.75. The topological polar surface area (TPSA) is 60.9 Å². The Kier molecular flexibility index (Phi) is 4.91. The Labute approximate surface area is 163 Å². The molecule has 0 bridgehead atoms. The number of benzene rings is 3. The number of rotatable bonds is 5. The van der Waals surface area contributed by atoms with E-state index in [-0.39, 0.29) is 5.91 Å². The molecule has 0 saturated carbocycles. The summed E-state index contributed by atoms with van der Waals surface area (Å²) in [6.45, 7) is 0. The molecule has 0 aromatic heterocycles. The van der Waals surface area contributed by atoms with Crippen LogP contribution in [0.1, 0.15) is 15.9 Å². The third-order valence-electron chi connectivity index (χ3n) is 4.94. The highest BCUT2D eigenvalue weighted by atomic mass is 16.3. The summed E-state index contributed by atoms with van der Waals surface area (Å²) in [5.74, 6) is -0.787. The van der Waals surface area contributed by atoms with Crippen molar-refractivity contribution in [1.29, 1.82) is 0 Å². The molecule has 1 aliphatic heterocycles. The summed E-state index contributed by atoms with van der Waals surface area (Å²) in [5.41, 5.74) is 2.92. The van der Waals surface area contributed by atoms with Crippen molar-refractivity contribution < 1.29 is 14.7 Å². The molecule has 2 unspecified atom stereocenters. The molecule has 28 heavy (non-hydrogen) atoms. The van der Waals surface area contributed by atoms with Crippen LogP contribution >= 0.6 is 0 Å². The Morgan fingerprint density at radius 3 is 1.96 bits per heavy atom. The highest BCUT2D eigenvalue weighted by Crippen LogP contribution is 2.35. The number of carbonyl (C=O) groups is 2. The molecule has 0 spiro atoms. The molecule has 1 aliphatic rings. The van der Waals surface area contributed by atoms with Crippen molar-refractivity contribution in [1.82, 2.24) is 0 Å². The lowest BCUT2D eigenvalue weighted by molar-refractivity contribution is -0.121. The predicted molar refractivity (Wildman–Crippen MR) is 108 cm³/mol. The maximum Gasteiger partial charge on any atom is 0.253 e. The average Bonchev–Trinajstić information content (AvgIpc) is 3.00. The van der Waals surface area contributed by atoms with Crippen molar-refractivity contribution >= 4 is 23.6 Å². The first-order chi connectivity index (χ1) is 13.7. The van der Waals surface area contributed by atoms with Gasteiger partial charge in [0.1, 0.15) is 6.29 Å². The van der Waals surface area contributed by atoms with E-state index >= 15 is 0 Å². The number of hydrazine groups is 1. The minimum absolute atomic E-state index is 0.165. The standard InChI is InChI=1S/C23H20N2O3/c26-16-18-13-11-17(12-14-18)15-21-22(27)24(19-7-3-1-4-8-19)25(23(21)28)20-9-5-2-6-10-20/h1-14,16,21-22,27H,15H2. The van der Waals surface area contributed by atoms with Crippen LogP contribution in [0.25, 0.3) is 0 Å². The largest absolute Gasteiger partial charge is 0.371 e. The van der Waals surface area contributed by atoms with E-state index in [9.17, 15) is 14.7 Å². The zero-order valence-corrected chi connectivity index (χ0v) is 15.2. The first-order valence-electron chi connectivity index (χ1n) is 9.14. The summed E-state index contributed by atoms with van der Waals surface area (Å²) in [4.78, 5) is 24.2. The molecule has 4 rings (SSSR count). The number of amides is 1. The van der Waals surface area contributed by atoms with Crippen LogP contribution < -0.4 is 10.0 Å². The molecule has 1 fully saturated rings. The fourth-order valence-corrected chi connectivity index (χ4v) is 3.53. The molecular formula is C23H20N2O3. The molecular weight excluding hydrogens is 352 g/mol. The number of nitrogens with zero attached hydrogens (tertiary/aromatic N) is 2. The van der Waals surface area contributed by atoms with Crippen LogP contribution in [0.2, 0.25) is 0 Å². The van der Waals surface area contributed by atoms with Gasteiger partial charge in [-0.15, -0.1) is 0 Å². The van der Waals surface area contributed by atoms with Crippen LogP contribution in [0.5, 0.6) is 0 Å². The third kappa shape index (κ3) is 3.28. The fraction of sp³-hybridized carbons (Fsp3) is 0.130. The van der Waals surface area contributed by atoms with Gasteiger partial charge >= 0.3 is 0 Å². The van der Waals surface area contributed by atoms with Gasteiger partial charge < -0.3 is 5.11 Å². The van der Waals surface area contributed by atoms with Gasteiger partial charge in [-0.1, -0.05) is 60.7 Å². The first kappa shape index (κ1) is 17.9. The quantitative estimate of drug-likeness (QED) is 0.697. The van der Waals surface area contributed by atoms with Crippen LogP contribution in [0.3, 0.4) is 0 Å². The van der Waals surface area contributed by atoms with E-state index in [1.165, 1.54) is 0 Å². The molecule has 0 radical (unpaired) electrons. The molecule has 1 saturated heterocycles. The second kappa shape index (κ2) is 7.66. The minimum Gasteiger partial charge on any atom is -0.371 e. The lowest BCUT2D eigenvalue weighted by Crippen LogP contribution is -2.43. The Morgan fingerprint density at radius 2 is 1.39 bits per heavy atom. The maximum absolute atomic E-state index is 13.3. The lowest BCUT2D eigenvalue weighted by Gasteiger charge is -2.31. The predicted octanol–water partition coefficient (Wildman–Crippen LogP) is 3.44.